The first-order chi connectivity index (χ1) is 14.1. The molecule has 0 bridgehead atoms. The highest BCUT2D eigenvalue weighted by Gasteiger charge is 2.22. The van der Waals surface area contributed by atoms with Crippen LogP contribution in [0, 0.1) is 6.92 Å². The van der Waals surface area contributed by atoms with Crippen LogP contribution in [0.15, 0.2) is 39.0 Å². The smallest absolute Gasteiger partial charge is 0.346 e. The van der Waals surface area contributed by atoms with Gasteiger partial charge in [-0.1, -0.05) is 17.8 Å². The summed E-state index contributed by atoms with van der Waals surface area (Å²) in [7, 11) is 0. The summed E-state index contributed by atoms with van der Waals surface area (Å²) in [5.41, 5.74) is 1.82. The Morgan fingerprint density at radius 1 is 1.41 bits per heavy atom. The number of aryl methyl sites for hydroxylation is 2. The molecule has 0 saturated heterocycles. The molecule has 4 rings (SSSR count). The predicted molar refractivity (Wildman–Crippen MR) is 112 cm³/mol. The molecule has 3 aromatic rings. The number of carbonyl (C=O) groups excluding carboxylic acids is 1. The van der Waals surface area contributed by atoms with Crippen LogP contribution in [0.1, 0.15) is 29.9 Å². The third kappa shape index (κ3) is 4.94. The van der Waals surface area contributed by atoms with Crippen molar-refractivity contribution in [1.82, 2.24) is 29.6 Å². The minimum Gasteiger partial charge on any atom is -0.353 e. The zero-order valence-electron chi connectivity index (χ0n) is 16.1. The summed E-state index contributed by atoms with van der Waals surface area (Å²) >= 11 is 3.01. The van der Waals surface area contributed by atoms with Gasteiger partial charge in [-0.2, -0.15) is 5.10 Å². The molecule has 152 valence electrons. The summed E-state index contributed by atoms with van der Waals surface area (Å²) in [4.78, 5) is 33.4. The van der Waals surface area contributed by atoms with Gasteiger partial charge >= 0.3 is 5.69 Å². The molecule has 0 aliphatic carbocycles. The molecule has 8 nitrogen and oxygen atoms in total. The molecule has 10 heteroatoms. The number of rotatable bonds is 6. The number of fused-ring (bicyclic) bond motifs is 1. The van der Waals surface area contributed by atoms with E-state index in [4.69, 9.17) is 0 Å². The quantitative estimate of drug-likeness (QED) is 0.600. The van der Waals surface area contributed by atoms with Crippen molar-refractivity contribution >= 4 is 29.0 Å². The van der Waals surface area contributed by atoms with E-state index < -0.39 is 0 Å². The van der Waals surface area contributed by atoms with Crippen LogP contribution in [0.25, 0.3) is 0 Å². The molecule has 3 aromatic heterocycles. The fourth-order valence-corrected chi connectivity index (χ4v) is 5.00. The Kier molecular flexibility index (Phi) is 6.10. The van der Waals surface area contributed by atoms with E-state index in [0.29, 0.717) is 25.3 Å². The summed E-state index contributed by atoms with van der Waals surface area (Å²) in [6, 6.07) is 3.83. The molecule has 1 N–H and O–H groups in total. The molecule has 1 aliphatic heterocycles. The largest absolute Gasteiger partial charge is 0.353 e. The second-order valence-corrected chi connectivity index (χ2v) is 9.09. The van der Waals surface area contributed by atoms with Gasteiger partial charge in [0.05, 0.1) is 12.3 Å². The summed E-state index contributed by atoms with van der Waals surface area (Å²) in [5.74, 6) is 1.14. The van der Waals surface area contributed by atoms with Gasteiger partial charge in [-0.05, 0) is 31.4 Å². The average Bonchev–Trinajstić information content (AvgIpc) is 3.19. The number of hydrogen-bond donors (Lipinski definition) is 1. The third-order valence-corrected chi connectivity index (χ3v) is 6.90. The van der Waals surface area contributed by atoms with Gasteiger partial charge in [-0.25, -0.2) is 14.5 Å². The molecule has 0 spiro atoms. The zero-order chi connectivity index (χ0) is 20.2. The monoisotopic (exact) mass is 430 g/mol. The second kappa shape index (κ2) is 8.91. The molecule has 1 aliphatic rings. The molecule has 1 amide bonds. The maximum absolute atomic E-state index is 12.7. The van der Waals surface area contributed by atoms with Gasteiger partial charge in [0.1, 0.15) is 5.82 Å². The average molecular weight is 431 g/mol. The lowest BCUT2D eigenvalue weighted by atomic mass is 10.1. The molecule has 1 unspecified atom stereocenters. The molecule has 4 heterocycles. The van der Waals surface area contributed by atoms with Gasteiger partial charge in [-0.3, -0.25) is 14.3 Å². The van der Waals surface area contributed by atoms with Gasteiger partial charge < -0.3 is 5.32 Å². The second-order valence-electron chi connectivity index (χ2n) is 7.00. The zero-order valence-corrected chi connectivity index (χ0v) is 17.7. The van der Waals surface area contributed by atoms with E-state index in [2.05, 4.69) is 20.4 Å². The van der Waals surface area contributed by atoms with Crippen molar-refractivity contribution in [1.29, 1.82) is 0 Å². The number of thiazole rings is 1. The minimum absolute atomic E-state index is 0.00128. The van der Waals surface area contributed by atoms with E-state index in [-0.39, 0.29) is 17.6 Å². The molecule has 1 atom stereocenters. The molecule has 0 saturated carbocycles. The first-order valence-electron chi connectivity index (χ1n) is 9.48. The van der Waals surface area contributed by atoms with Crippen molar-refractivity contribution in [2.75, 3.05) is 5.75 Å². The fourth-order valence-electron chi connectivity index (χ4n) is 3.34. The molecule has 0 fully saturated rings. The highest BCUT2D eigenvalue weighted by molar-refractivity contribution is 8.01. The van der Waals surface area contributed by atoms with E-state index in [1.54, 1.807) is 28.3 Å². The summed E-state index contributed by atoms with van der Waals surface area (Å²) in [5, 5.41) is 9.59. The van der Waals surface area contributed by atoms with Crippen LogP contribution in [0.3, 0.4) is 0 Å². The molecule has 29 heavy (non-hydrogen) atoms. The van der Waals surface area contributed by atoms with Crippen LogP contribution in [0.4, 0.5) is 0 Å². The Hall–Kier alpha value is -2.46. The van der Waals surface area contributed by atoms with Crippen molar-refractivity contribution in [2.45, 2.75) is 49.7 Å². The standard InChI is InChI=1S/C19H22N6O2S2/c1-13-11-28-18(21-13)29-12-17(26)22-15-4-5-16-23-25(19(27)24(16)8-6-15)10-14-3-2-7-20-9-14/h2-3,7,9,11,15H,4-6,8,10,12H2,1H3,(H,22,26). The predicted octanol–water partition coefficient (Wildman–Crippen LogP) is 1.87. The van der Waals surface area contributed by atoms with Gasteiger partial charge in [0.2, 0.25) is 5.91 Å². The number of amides is 1. The number of hydrogen-bond acceptors (Lipinski definition) is 7. The number of aromatic nitrogens is 5. The van der Waals surface area contributed by atoms with Crippen molar-refractivity contribution < 1.29 is 4.79 Å². The maximum atomic E-state index is 12.7. The topological polar surface area (TPSA) is 94.7 Å². The van der Waals surface area contributed by atoms with Crippen molar-refractivity contribution in [3.63, 3.8) is 0 Å². The van der Waals surface area contributed by atoms with Crippen LogP contribution in [-0.2, 0) is 24.3 Å². The summed E-state index contributed by atoms with van der Waals surface area (Å²) in [6.45, 7) is 2.92. The van der Waals surface area contributed by atoms with E-state index in [0.717, 1.165) is 34.3 Å². The Bertz CT molecular complexity index is 1040. The third-order valence-electron chi connectivity index (χ3n) is 4.76. The van der Waals surface area contributed by atoms with Crippen molar-refractivity contribution in [3.8, 4) is 0 Å². The van der Waals surface area contributed by atoms with E-state index in [1.165, 1.54) is 16.4 Å². The summed E-state index contributed by atoms with van der Waals surface area (Å²) < 4.78 is 4.14. The van der Waals surface area contributed by atoms with Crippen LogP contribution < -0.4 is 11.0 Å². The SMILES string of the molecule is Cc1csc(SCC(=O)NC2CCc3nn(Cc4cccnc4)c(=O)n3CC2)n1. The van der Waals surface area contributed by atoms with Crippen LogP contribution in [-0.4, -0.2) is 42.0 Å². The number of carbonyl (C=O) groups is 1. The molecular weight excluding hydrogens is 408 g/mol. The highest BCUT2D eigenvalue weighted by atomic mass is 32.2. The molecular formula is C19H22N6O2S2. The lowest BCUT2D eigenvalue weighted by Crippen LogP contribution is -2.36. The number of thioether (sulfide) groups is 1. The molecule has 0 radical (unpaired) electrons. The normalized spacial score (nSPS) is 16.2. The highest BCUT2D eigenvalue weighted by Crippen LogP contribution is 2.22. The number of nitrogens with zero attached hydrogens (tertiary/aromatic N) is 5. The molecule has 0 aromatic carbocycles. The Labute approximate surface area is 176 Å². The minimum atomic E-state index is -0.106. The first-order valence-corrected chi connectivity index (χ1v) is 11.3. The fraction of sp³-hybridized carbons (Fsp3) is 0.421. The van der Waals surface area contributed by atoms with Gasteiger partial charge in [0.25, 0.3) is 0 Å². The maximum Gasteiger partial charge on any atom is 0.346 e. The number of nitrogens with one attached hydrogen (secondary N) is 1. The van der Waals surface area contributed by atoms with Crippen LogP contribution >= 0.6 is 23.1 Å². The van der Waals surface area contributed by atoms with Gasteiger partial charge in [-0.15, -0.1) is 11.3 Å². The lowest BCUT2D eigenvalue weighted by Gasteiger charge is -2.15. The Morgan fingerprint density at radius 2 is 2.31 bits per heavy atom. The lowest BCUT2D eigenvalue weighted by molar-refractivity contribution is -0.119. The summed E-state index contributed by atoms with van der Waals surface area (Å²) in [6.07, 6.45) is 5.61. The van der Waals surface area contributed by atoms with E-state index in [9.17, 15) is 9.59 Å². The van der Waals surface area contributed by atoms with E-state index in [1.807, 2.05) is 24.4 Å². The van der Waals surface area contributed by atoms with E-state index >= 15 is 0 Å². The first kappa shape index (κ1) is 19.8. The van der Waals surface area contributed by atoms with Crippen LogP contribution in [0.5, 0.6) is 0 Å². The number of pyridine rings is 1. The van der Waals surface area contributed by atoms with Gasteiger partial charge in [0.15, 0.2) is 4.34 Å². The van der Waals surface area contributed by atoms with Crippen molar-refractivity contribution in [3.05, 3.63) is 57.5 Å². The van der Waals surface area contributed by atoms with Crippen LogP contribution in [0.2, 0.25) is 0 Å². The van der Waals surface area contributed by atoms with Crippen molar-refractivity contribution in [2.24, 2.45) is 0 Å². The Morgan fingerprint density at radius 3 is 3.07 bits per heavy atom. The van der Waals surface area contributed by atoms with Gasteiger partial charge in [0, 0.05) is 42.5 Å². The Balaban J connectivity index is 1.32.